The highest BCUT2D eigenvalue weighted by atomic mass is 16.5. The van der Waals surface area contributed by atoms with Gasteiger partial charge in [0.1, 0.15) is 5.75 Å². The Balaban J connectivity index is 1.84. The Morgan fingerprint density at radius 1 is 1.40 bits per heavy atom. The number of hydrogen-bond acceptors (Lipinski definition) is 4. The van der Waals surface area contributed by atoms with Gasteiger partial charge in [-0.2, -0.15) is 0 Å². The van der Waals surface area contributed by atoms with Crippen LogP contribution in [0.4, 0.5) is 10.5 Å². The number of likely N-dealkylation sites (tertiary alicyclic amines) is 1. The number of anilines is 1. The Hall–Kier alpha value is -2.28. The maximum atomic E-state index is 12.9. The summed E-state index contributed by atoms with van der Waals surface area (Å²) < 4.78 is 5.37. The molecule has 0 bridgehead atoms. The number of methoxy groups -OCH3 is 1. The monoisotopic (exact) mass is 346 g/mol. The smallest absolute Gasteiger partial charge is 0.322 e. The number of benzene rings is 1. The molecule has 7 heteroatoms. The molecular weight excluding hydrogens is 320 g/mol. The van der Waals surface area contributed by atoms with Gasteiger partial charge in [0.05, 0.1) is 12.8 Å². The van der Waals surface area contributed by atoms with Crippen molar-refractivity contribution in [1.82, 2.24) is 10.2 Å². The molecule has 0 spiro atoms. The second-order valence-electron chi connectivity index (χ2n) is 6.78. The molecule has 1 aromatic rings. The van der Waals surface area contributed by atoms with E-state index in [1.807, 2.05) is 11.8 Å². The normalized spacial score (nSPS) is 21.9. The van der Waals surface area contributed by atoms with Crippen LogP contribution in [0.2, 0.25) is 0 Å². The highest BCUT2D eigenvalue weighted by Gasteiger charge is 2.29. The Morgan fingerprint density at radius 3 is 2.84 bits per heavy atom. The van der Waals surface area contributed by atoms with Gasteiger partial charge in [-0.1, -0.05) is 0 Å². The highest BCUT2D eigenvalue weighted by molar-refractivity contribution is 6.00. The van der Waals surface area contributed by atoms with Crippen LogP contribution in [0.15, 0.2) is 18.2 Å². The zero-order valence-electron chi connectivity index (χ0n) is 14.8. The van der Waals surface area contributed by atoms with Crippen LogP contribution in [-0.4, -0.2) is 56.2 Å². The van der Waals surface area contributed by atoms with Crippen LogP contribution in [0.5, 0.6) is 5.75 Å². The van der Waals surface area contributed by atoms with Crippen molar-refractivity contribution in [1.29, 1.82) is 0 Å². The van der Waals surface area contributed by atoms with Crippen LogP contribution >= 0.6 is 0 Å². The maximum absolute atomic E-state index is 12.9. The maximum Gasteiger partial charge on any atom is 0.322 e. The van der Waals surface area contributed by atoms with Gasteiger partial charge >= 0.3 is 6.03 Å². The molecule has 2 aliphatic heterocycles. The van der Waals surface area contributed by atoms with E-state index in [2.05, 4.69) is 5.32 Å². The third-order valence-electron chi connectivity index (χ3n) is 5.06. The van der Waals surface area contributed by atoms with E-state index in [-0.39, 0.29) is 18.0 Å². The van der Waals surface area contributed by atoms with Crippen molar-refractivity contribution in [2.45, 2.75) is 25.8 Å². The van der Waals surface area contributed by atoms with Gasteiger partial charge in [-0.3, -0.25) is 9.69 Å². The van der Waals surface area contributed by atoms with Gasteiger partial charge < -0.3 is 20.7 Å². The molecule has 2 unspecified atom stereocenters. The minimum absolute atomic E-state index is 0.0196. The van der Waals surface area contributed by atoms with Gasteiger partial charge in [0.2, 0.25) is 0 Å². The molecule has 25 heavy (non-hydrogen) atoms. The van der Waals surface area contributed by atoms with Crippen LogP contribution in [0.1, 0.15) is 30.1 Å². The molecule has 2 atom stereocenters. The molecule has 2 aliphatic rings. The van der Waals surface area contributed by atoms with Crippen LogP contribution in [0.25, 0.3) is 0 Å². The third-order valence-corrected chi connectivity index (χ3v) is 5.06. The molecule has 0 saturated carbocycles. The number of piperidine rings is 1. The number of urea groups is 1. The number of hydrogen-bond donors (Lipinski definition) is 2. The predicted molar refractivity (Wildman–Crippen MR) is 96.0 cm³/mol. The second-order valence-corrected chi connectivity index (χ2v) is 6.78. The molecule has 2 heterocycles. The quantitative estimate of drug-likeness (QED) is 0.863. The lowest BCUT2D eigenvalue weighted by atomic mass is 9.92. The molecule has 1 aromatic carbocycles. The van der Waals surface area contributed by atoms with Crippen molar-refractivity contribution in [3.05, 3.63) is 23.8 Å². The third kappa shape index (κ3) is 3.56. The number of nitrogens with zero attached hydrogens (tertiary/aromatic N) is 2. The van der Waals surface area contributed by atoms with E-state index in [4.69, 9.17) is 10.5 Å². The van der Waals surface area contributed by atoms with Gasteiger partial charge in [-0.15, -0.1) is 0 Å². The summed E-state index contributed by atoms with van der Waals surface area (Å²) in [5.41, 5.74) is 7.22. The summed E-state index contributed by atoms with van der Waals surface area (Å²) in [6.07, 6.45) is 2.03. The standard InChI is InChI=1S/C18H26N4O3/c1-12(19)14-4-3-8-21(11-14)17(23)13-5-6-16(25-2)15(10-13)22-9-7-20-18(22)24/h5-6,10,12,14H,3-4,7-9,11,19H2,1-2H3,(H,20,24). The van der Waals surface area contributed by atoms with Crippen molar-refractivity contribution in [3.63, 3.8) is 0 Å². The first-order valence-electron chi connectivity index (χ1n) is 8.79. The number of nitrogens with one attached hydrogen (secondary N) is 1. The summed E-state index contributed by atoms with van der Waals surface area (Å²) in [5.74, 6) is 0.898. The lowest BCUT2D eigenvalue weighted by Gasteiger charge is -2.34. The summed E-state index contributed by atoms with van der Waals surface area (Å²) in [6.45, 7) is 4.57. The minimum Gasteiger partial charge on any atom is -0.495 e. The fourth-order valence-electron chi connectivity index (χ4n) is 3.54. The molecule has 0 radical (unpaired) electrons. The van der Waals surface area contributed by atoms with Crippen molar-refractivity contribution >= 4 is 17.6 Å². The summed E-state index contributed by atoms with van der Waals surface area (Å²) in [6, 6.07) is 5.17. The first kappa shape index (κ1) is 17.5. The van der Waals surface area contributed by atoms with Crippen molar-refractivity contribution in [2.75, 3.05) is 38.2 Å². The Bertz CT molecular complexity index is 662. The number of rotatable bonds is 4. The van der Waals surface area contributed by atoms with Crippen LogP contribution in [0.3, 0.4) is 0 Å². The van der Waals surface area contributed by atoms with E-state index in [0.717, 1.165) is 19.4 Å². The van der Waals surface area contributed by atoms with Crippen LogP contribution < -0.4 is 20.7 Å². The minimum atomic E-state index is -0.169. The molecule has 7 nitrogen and oxygen atoms in total. The highest BCUT2D eigenvalue weighted by Crippen LogP contribution is 2.31. The Morgan fingerprint density at radius 2 is 2.20 bits per heavy atom. The molecule has 136 valence electrons. The molecule has 3 N–H and O–H groups in total. The van der Waals surface area contributed by atoms with Crippen molar-refractivity contribution in [3.8, 4) is 5.75 Å². The molecule has 3 rings (SSSR count). The lowest BCUT2D eigenvalue weighted by molar-refractivity contribution is 0.0661. The van der Waals surface area contributed by atoms with Gasteiger partial charge in [0.25, 0.3) is 5.91 Å². The Kier molecular flexibility index (Phi) is 5.13. The topological polar surface area (TPSA) is 87.9 Å². The number of ether oxygens (including phenoxy) is 1. The SMILES string of the molecule is COc1ccc(C(=O)N2CCCC(C(C)N)C2)cc1N1CCNC1=O. The zero-order valence-corrected chi connectivity index (χ0v) is 14.8. The second kappa shape index (κ2) is 7.31. The summed E-state index contributed by atoms with van der Waals surface area (Å²) in [4.78, 5) is 28.4. The van der Waals surface area contributed by atoms with Gasteiger partial charge in [0.15, 0.2) is 0 Å². The van der Waals surface area contributed by atoms with Gasteiger partial charge in [0, 0.05) is 37.8 Å². The van der Waals surface area contributed by atoms with E-state index in [0.29, 0.717) is 42.6 Å². The van der Waals surface area contributed by atoms with E-state index < -0.39 is 0 Å². The molecule has 2 fully saturated rings. The van der Waals surface area contributed by atoms with Crippen LogP contribution in [-0.2, 0) is 0 Å². The number of carbonyl (C=O) groups is 2. The van der Waals surface area contributed by atoms with Gasteiger partial charge in [-0.25, -0.2) is 4.79 Å². The van der Waals surface area contributed by atoms with E-state index >= 15 is 0 Å². The molecular formula is C18H26N4O3. The molecule has 0 aliphatic carbocycles. The molecule has 3 amide bonds. The first-order valence-corrected chi connectivity index (χ1v) is 8.79. The number of carbonyl (C=O) groups excluding carboxylic acids is 2. The zero-order chi connectivity index (χ0) is 18.0. The van der Waals surface area contributed by atoms with E-state index in [1.165, 1.54) is 0 Å². The van der Waals surface area contributed by atoms with Crippen molar-refractivity contribution in [2.24, 2.45) is 11.7 Å². The average Bonchev–Trinajstić information content (AvgIpc) is 3.06. The van der Waals surface area contributed by atoms with E-state index in [9.17, 15) is 9.59 Å². The fourth-order valence-corrected chi connectivity index (χ4v) is 3.54. The van der Waals surface area contributed by atoms with Crippen LogP contribution in [0, 0.1) is 5.92 Å². The lowest BCUT2D eigenvalue weighted by Crippen LogP contribution is -2.45. The Labute approximate surface area is 148 Å². The first-order chi connectivity index (χ1) is 12.0. The number of nitrogens with two attached hydrogens (primary N) is 1. The summed E-state index contributed by atoms with van der Waals surface area (Å²) >= 11 is 0. The number of amides is 3. The largest absolute Gasteiger partial charge is 0.495 e. The molecule has 0 aromatic heterocycles. The van der Waals surface area contributed by atoms with E-state index in [1.54, 1.807) is 30.2 Å². The predicted octanol–water partition coefficient (Wildman–Crippen LogP) is 1.42. The average molecular weight is 346 g/mol. The van der Waals surface area contributed by atoms with Gasteiger partial charge in [-0.05, 0) is 43.9 Å². The fraction of sp³-hybridized carbons (Fsp3) is 0.556. The summed E-state index contributed by atoms with van der Waals surface area (Å²) in [7, 11) is 1.56. The van der Waals surface area contributed by atoms with Crippen molar-refractivity contribution < 1.29 is 14.3 Å². The summed E-state index contributed by atoms with van der Waals surface area (Å²) in [5, 5.41) is 2.77. The molecule has 2 saturated heterocycles.